The molecule has 8 heteroatoms. The molecule has 29 heavy (non-hydrogen) atoms. The summed E-state index contributed by atoms with van der Waals surface area (Å²) in [5, 5.41) is 5.78. The second-order valence-corrected chi connectivity index (χ2v) is 7.23. The molecule has 0 saturated carbocycles. The lowest BCUT2D eigenvalue weighted by molar-refractivity contribution is -0.121. The summed E-state index contributed by atoms with van der Waals surface area (Å²) in [4.78, 5) is 37.2. The number of carbonyl (C=O) groups is 2. The highest BCUT2D eigenvalue weighted by Gasteiger charge is 2.28. The standard InChI is InChI=1S/C21H28N6O2/c1-2-5-19-14-26(15-20(28)24-17-6-3-8-22-12-17)10-11-27(19)16-21(29)25-18-7-4-9-23-13-18/h3-4,6-9,12-13,19H,2,5,10-11,14-16H2,1H3,(H,24,28)(H,25,29). The van der Waals surface area contributed by atoms with Gasteiger partial charge in [0.2, 0.25) is 11.8 Å². The van der Waals surface area contributed by atoms with Crippen LogP contribution in [0.1, 0.15) is 19.8 Å². The molecule has 8 nitrogen and oxygen atoms in total. The molecule has 0 spiro atoms. The maximum atomic E-state index is 12.4. The highest BCUT2D eigenvalue weighted by Crippen LogP contribution is 2.15. The van der Waals surface area contributed by atoms with E-state index in [2.05, 4.69) is 37.3 Å². The van der Waals surface area contributed by atoms with Crippen LogP contribution in [0.25, 0.3) is 0 Å². The molecule has 1 unspecified atom stereocenters. The van der Waals surface area contributed by atoms with E-state index in [4.69, 9.17) is 0 Å². The molecule has 0 aliphatic carbocycles. The first-order valence-corrected chi connectivity index (χ1v) is 10.00. The number of hydrogen-bond acceptors (Lipinski definition) is 6. The molecule has 1 fully saturated rings. The lowest BCUT2D eigenvalue weighted by Gasteiger charge is -2.40. The largest absolute Gasteiger partial charge is 0.324 e. The van der Waals surface area contributed by atoms with E-state index in [-0.39, 0.29) is 17.9 Å². The fraction of sp³-hybridized carbons (Fsp3) is 0.429. The van der Waals surface area contributed by atoms with Gasteiger partial charge in [0.25, 0.3) is 0 Å². The third kappa shape index (κ3) is 6.62. The zero-order valence-corrected chi connectivity index (χ0v) is 16.8. The predicted octanol–water partition coefficient (Wildman–Crippen LogP) is 1.84. The van der Waals surface area contributed by atoms with Crippen molar-refractivity contribution in [1.29, 1.82) is 0 Å². The van der Waals surface area contributed by atoms with Gasteiger partial charge in [-0.3, -0.25) is 29.4 Å². The molecule has 2 aromatic rings. The van der Waals surface area contributed by atoms with E-state index >= 15 is 0 Å². The normalized spacial score (nSPS) is 17.6. The van der Waals surface area contributed by atoms with Gasteiger partial charge in [0, 0.05) is 38.1 Å². The highest BCUT2D eigenvalue weighted by atomic mass is 16.2. The quantitative estimate of drug-likeness (QED) is 0.708. The van der Waals surface area contributed by atoms with Crippen LogP contribution in [-0.2, 0) is 9.59 Å². The monoisotopic (exact) mass is 396 g/mol. The van der Waals surface area contributed by atoms with E-state index in [0.717, 1.165) is 32.5 Å². The smallest absolute Gasteiger partial charge is 0.238 e. The van der Waals surface area contributed by atoms with Crippen molar-refractivity contribution < 1.29 is 9.59 Å². The first kappa shape index (κ1) is 20.9. The molecule has 0 radical (unpaired) electrons. The van der Waals surface area contributed by atoms with Gasteiger partial charge in [-0.25, -0.2) is 0 Å². The predicted molar refractivity (Wildman–Crippen MR) is 112 cm³/mol. The van der Waals surface area contributed by atoms with E-state index in [1.807, 2.05) is 12.1 Å². The Balaban J connectivity index is 1.50. The number of piperazine rings is 1. The van der Waals surface area contributed by atoms with Crippen molar-refractivity contribution >= 4 is 23.2 Å². The summed E-state index contributed by atoms with van der Waals surface area (Å²) in [6, 6.07) is 7.49. The first-order valence-electron chi connectivity index (χ1n) is 10.00. The van der Waals surface area contributed by atoms with Crippen molar-refractivity contribution in [2.24, 2.45) is 0 Å². The molecule has 0 bridgehead atoms. The summed E-state index contributed by atoms with van der Waals surface area (Å²) in [5.41, 5.74) is 1.41. The second-order valence-electron chi connectivity index (χ2n) is 7.23. The summed E-state index contributed by atoms with van der Waals surface area (Å²) in [6.45, 7) is 5.10. The molecular weight excluding hydrogens is 368 g/mol. The Hall–Kier alpha value is -2.84. The van der Waals surface area contributed by atoms with Gasteiger partial charge in [0.15, 0.2) is 0 Å². The number of pyridine rings is 2. The lowest BCUT2D eigenvalue weighted by atomic mass is 10.1. The maximum absolute atomic E-state index is 12.4. The Morgan fingerprint density at radius 3 is 2.17 bits per heavy atom. The molecule has 2 N–H and O–H groups in total. The Morgan fingerprint density at radius 2 is 1.62 bits per heavy atom. The third-order valence-electron chi connectivity index (χ3n) is 4.92. The van der Waals surface area contributed by atoms with Crippen LogP contribution in [-0.4, -0.2) is 70.3 Å². The van der Waals surface area contributed by atoms with Crippen molar-refractivity contribution in [2.75, 3.05) is 43.4 Å². The summed E-state index contributed by atoms with van der Waals surface area (Å²) >= 11 is 0. The fourth-order valence-corrected chi connectivity index (χ4v) is 3.58. The summed E-state index contributed by atoms with van der Waals surface area (Å²) in [5.74, 6) is -0.0853. The zero-order valence-electron chi connectivity index (χ0n) is 16.8. The fourth-order valence-electron chi connectivity index (χ4n) is 3.58. The van der Waals surface area contributed by atoms with Gasteiger partial charge in [-0.05, 0) is 30.7 Å². The summed E-state index contributed by atoms with van der Waals surface area (Å²) in [7, 11) is 0. The average molecular weight is 396 g/mol. The molecule has 1 saturated heterocycles. The summed E-state index contributed by atoms with van der Waals surface area (Å²) in [6.07, 6.45) is 8.64. The topological polar surface area (TPSA) is 90.5 Å². The van der Waals surface area contributed by atoms with Crippen LogP contribution in [0.3, 0.4) is 0 Å². The molecule has 3 heterocycles. The van der Waals surface area contributed by atoms with E-state index in [9.17, 15) is 9.59 Å². The second kappa shape index (κ2) is 10.6. The van der Waals surface area contributed by atoms with Gasteiger partial charge in [0.05, 0.1) is 36.9 Å². The number of nitrogens with zero attached hydrogens (tertiary/aromatic N) is 4. The lowest BCUT2D eigenvalue weighted by Crippen LogP contribution is -2.56. The van der Waals surface area contributed by atoms with Crippen molar-refractivity contribution in [2.45, 2.75) is 25.8 Å². The molecular formula is C21H28N6O2. The molecule has 2 aromatic heterocycles. The minimum atomic E-state index is -0.0454. The number of aromatic nitrogens is 2. The highest BCUT2D eigenvalue weighted by molar-refractivity contribution is 5.92. The van der Waals surface area contributed by atoms with Gasteiger partial charge in [-0.1, -0.05) is 13.3 Å². The van der Waals surface area contributed by atoms with Crippen LogP contribution < -0.4 is 10.6 Å². The number of anilines is 2. The van der Waals surface area contributed by atoms with Gasteiger partial charge in [-0.15, -0.1) is 0 Å². The zero-order chi connectivity index (χ0) is 20.5. The summed E-state index contributed by atoms with van der Waals surface area (Å²) < 4.78 is 0. The van der Waals surface area contributed by atoms with Crippen molar-refractivity contribution in [3.8, 4) is 0 Å². The number of nitrogens with one attached hydrogen (secondary N) is 2. The van der Waals surface area contributed by atoms with Crippen LogP contribution >= 0.6 is 0 Å². The van der Waals surface area contributed by atoms with Gasteiger partial charge in [-0.2, -0.15) is 0 Å². The maximum Gasteiger partial charge on any atom is 0.238 e. The van der Waals surface area contributed by atoms with Crippen LogP contribution in [0.2, 0.25) is 0 Å². The Morgan fingerprint density at radius 1 is 1.00 bits per heavy atom. The Bertz CT molecular complexity index is 786. The molecule has 0 aromatic carbocycles. The van der Waals surface area contributed by atoms with Gasteiger partial charge >= 0.3 is 0 Å². The molecule has 154 valence electrons. The minimum Gasteiger partial charge on any atom is -0.324 e. The van der Waals surface area contributed by atoms with Gasteiger partial charge < -0.3 is 10.6 Å². The van der Waals surface area contributed by atoms with Crippen LogP contribution in [0.5, 0.6) is 0 Å². The average Bonchev–Trinajstić information content (AvgIpc) is 2.71. The van der Waals surface area contributed by atoms with E-state index in [0.29, 0.717) is 24.5 Å². The molecule has 1 atom stereocenters. The Kier molecular flexibility index (Phi) is 7.66. The van der Waals surface area contributed by atoms with Crippen LogP contribution in [0, 0.1) is 0 Å². The number of carbonyl (C=O) groups excluding carboxylic acids is 2. The van der Waals surface area contributed by atoms with Crippen molar-refractivity contribution in [3.63, 3.8) is 0 Å². The minimum absolute atomic E-state index is 0.0399. The van der Waals surface area contributed by atoms with E-state index in [1.165, 1.54) is 0 Å². The molecule has 3 rings (SSSR count). The molecule has 2 amide bonds. The van der Waals surface area contributed by atoms with E-state index < -0.39 is 0 Å². The van der Waals surface area contributed by atoms with Crippen LogP contribution in [0.15, 0.2) is 49.1 Å². The SMILES string of the molecule is CCCC1CN(CC(=O)Nc2cccnc2)CCN1CC(=O)Nc1cccnc1. The number of hydrogen-bond donors (Lipinski definition) is 2. The van der Waals surface area contributed by atoms with Gasteiger partial charge in [0.1, 0.15) is 0 Å². The number of rotatable bonds is 8. The van der Waals surface area contributed by atoms with E-state index in [1.54, 1.807) is 36.9 Å². The first-order chi connectivity index (χ1) is 14.1. The van der Waals surface area contributed by atoms with Crippen molar-refractivity contribution in [1.82, 2.24) is 19.8 Å². The molecule has 1 aliphatic rings. The number of amides is 2. The van der Waals surface area contributed by atoms with Crippen molar-refractivity contribution in [3.05, 3.63) is 49.1 Å². The Labute approximate surface area is 171 Å². The third-order valence-corrected chi connectivity index (χ3v) is 4.92. The van der Waals surface area contributed by atoms with Crippen LogP contribution in [0.4, 0.5) is 11.4 Å². The molecule has 1 aliphatic heterocycles.